The lowest BCUT2D eigenvalue weighted by Crippen LogP contribution is -2.10. The van der Waals surface area contributed by atoms with Crippen molar-refractivity contribution in [3.8, 4) is 55.6 Å². The Bertz CT molecular complexity index is 3310. The van der Waals surface area contributed by atoms with Gasteiger partial charge in [0.2, 0.25) is 0 Å². The molecule has 1 aromatic heterocycles. The van der Waals surface area contributed by atoms with Crippen LogP contribution in [0.5, 0.6) is 0 Å². The number of para-hydroxylation sites is 1. The van der Waals surface area contributed by atoms with Gasteiger partial charge in [-0.3, -0.25) is 0 Å². The number of rotatable bonds is 8. The molecule has 60 heavy (non-hydrogen) atoms. The van der Waals surface area contributed by atoms with Gasteiger partial charge in [-0.2, -0.15) is 0 Å². The topological polar surface area (TPSA) is 16.4 Å². The van der Waals surface area contributed by atoms with Crippen LogP contribution in [-0.2, 0) is 0 Å². The monoisotopic (exact) mass is 765 g/mol. The zero-order valence-corrected chi connectivity index (χ0v) is 32.9. The van der Waals surface area contributed by atoms with E-state index in [1.54, 1.807) is 0 Å². The molecular weight excluding hydrogens is 727 g/mol. The minimum atomic E-state index is 0.880. The third-order valence-corrected chi connectivity index (χ3v) is 11.6. The molecule has 0 fully saturated rings. The van der Waals surface area contributed by atoms with Crippen molar-refractivity contribution in [2.24, 2.45) is 0 Å². The van der Waals surface area contributed by atoms with E-state index in [4.69, 9.17) is 4.42 Å². The molecule has 2 heteroatoms. The van der Waals surface area contributed by atoms with E-state index in [1.807, 2.05) is 12.1 Å². The van der Waals surface area contributed by atoms with Crippen LogP contribution in [0.3, 0.4) is 0 Å². The molecule has 282 valence electrons. The Balaban J connectivity index is 0.932. The molecule has 10 aromatic carbocycles. The highest BCUT2D eigenvalue weighted by Crippen LogP contribution is 2.41. The lowest BCUT2D eigenvalue weighted by atomic mass is 9.96. The molecule has 0 saturated carbocycles. The Morgan fingerprint density at radius 3 is 1.40 bits per heavy atom. The van der Waals surface area contributed by atoms with Crippen molar-refractivity contribution in [2.75, 3.05) is 4.90 Å². The van der Waals surface area contributed by atoms with E-state index in [-0.39, 0.29) is 0 Å². The summed E-state index contributed by atoms with van der Waals surface area (Å²) in [7, 11) is 0. The molecule has 0 N–H and O–H groups in total. The number of benzene rings is 10. The van der Waals surface area contributed by atoms with Crippen molar-refractivity contribution in [1.29, 1.82) is 0 Å². The number of hydrogen-bond acceptors (Lipinski definition) is 2. The third kappa shape index (κ3) is 6.70. The molecule has 0 bridgehead atoms. The number of anilines is 3. The van der Waals surface area contributed by atoms with Crippen LogP contribution < -0.4 is 4.90 Å². The predicted molar refractivity (Wildman–Crippen MR) is 253 cm³/mol. The number of hydrogen-bond donors (Lipinski definition) is 0. The first-order valence-corrected chi connectivity index (χ1v) is 20.5. The average molecular weight is 766 g/mol. The van der Waals surface area contributed by atoms with Gasteiger partial charge in [0.15, 0.2) is 0 Å². The van der Waals surface area contributed by atoms with Crippen LogP contribution in [0.2, 0.25) is 0 Å². The second-order valence-corrected chi connectivity index (χ2v) is 15.4. The van der Waals surface area contributed by atoms with Crippen LogP contribution in [0.15, 0.2) is 241 Å². The molecule has 11 aromatic rings. The smallest absolute Gasteiger partial charge is 0.135 e. The van der Waals surface area contributed by atoms with E-state index in [1.165, 1.54) is 55.3 Å². The van der Waals surface area contributed by atoms with Crippen molar-refractivity contribution >= 4 is 49.8 Å². The molecule has 0 amide bonds. The maximum Gasteiger partial charge on any atom is 0.135 e. The molecular formula is C58H39NO. The van der Waals surface area contributed by atoms with E-state index in [2.05, 4.69) is 229 Å². The fraction of sp³-hybridized carbons (Fsp3) is 0. The molecule has 11 rings (SSSR count). The molecule has 0 aliphatic carbocycles. The fourth-order valence-electron chi connectivity index (χ4n) is 8.54. The fourth-order valence-corrected chi connectivity index (χ4v) is 8.54. The molecule has 1 heterocycles. The second kappa shape index (κ2) is 15.1. The summed E-state index contributed by atoms with van der Waals surface area (Å²) in [5.41, 5.74) is 16.9. The van der Waals surface area contributed by atoms with Crippen molar-refractivity contribution in [1.82, 2.24) is 0 Å². The highest BCUT2D eigenvalue weighted by atomic mass is 16.3. The highest BCUT2D eigenvalue weighted by molar-refractivity contribution is 6.06. The summed E-state index contributed by atoms with van der Waals surface area (Å²) in [4.78, 5) is 2.35. The number of nitrogens with zero attached hydrogens (tertiary/aromatic N) is 1. The first-order chi connectivity index (χ1) is 29.7. The van der Waals surface area contributed by atoms with Gasteiger partial charge < -0.3 is 9.32 Å². The Morgan fingerprint density at radius 1 is 0.233 bits per heavy atom. The Labute approximate surface area is 349 Å². The van der Waals surface area contributed by atoms with Gasteiger partial charge in [0.05, 0.1) is 0 Å². The van der Waals surface area contributed by atoms with Gasteiger partial charge >= 0.3 is 0 Å². The van der Waals surface area contributed by atoms with Crippen molar-refractivity contribution in [3.05, 3.63) is 237 Å². The van der Waals surface area contributed by atoms with Gasteiger partial charge in [0.1, 0.15) is 11.2 Å². The number of furan rings is 1. The lowest BCUT2D eigenvalue weighted by Gasteiger charge is -2.26. The Kier molecular flexibility index (Phi) is 8.87. The van der Waals surface area contributed by atoms with Crippen LogP contribution in [-0.4, -0.2) is 0 Å². The van der Waals surface area contributed by atoms with Gasteiger partial charge in [-0.25, -0.2) is 0 Å². The van der Waals surface area contributed by atoms with E-state index < -0.39 is 0 Å². The molecule has 0 unspecified atom stereocenters. The van der Waals surface area contributed by atoms with Crippen molar-refractivity contribution in [3.63, 3.8) is 0 Å². The Hall–Kier alpha value is -7.94. The van der Waals surface area contributed by atoms with Crippen molar-refractivity contribution in [2.45, 2.75) is 0 Å². The average Bonchev–Trinajstić information content (AvgIpc) is 3.70. The van der Waals surface area contributed by atoms with Gasteiger partial charge in [-0.1, -0.05) is 170 Å². The van der Waals surface area contributed by atoms with Crippen LogP contribution in [0.4, 0.5) is 17.1 Å². The van der Waals surface area contributed by atoms with Gasteiger partial charge in [-0.05, 0) is 133 Å². The second-order valence-electron chi connectivity index (χ2n) is 15.4. The zero-order chi connectivity index (χ0) is 39.8. The molecule has 0 aliphatic rings. The van der Waals surface area contributed by atoms with Gasteiger partial charge in [0, 0.05) is 27.8 Å². The van der Waals surface area contributed by atoms with Gasteiger partial charge in [-0.15, -0.1) is 0 Å². The van der Waals surface area contributed by atoms with Crippen molar-refractivity contribution < 1.29 is 4.42 Å². The maximum atomic E-state index is 6.25. The SMILES string of the molecule is c1ccc(-c2cccc(-c3cccc(N(c4ccc(-c5ccc(-c6cccc(-c7ccc8ccccc8c7)c6)cc5)cc4)c4ccc5oc6ccccc6c5c4)c3)c2)cc1. The Morgan fingerprint density at radius 2 is 0.683 bits per heavy atom. The third-order valence-electron chi connectivity index (χ3n) is 11.6. The summed E-state index contributed by atoms with van der Waals surface area (Å²) in [5.74, 6) is 0. The number of fused-ring (bicyclic) bond motifs is 4. The van der Waals surface area contributed by atoms with E-state index in [9.17, 15) is 0 Å². The van der Waals surface area contributed by atoms with Crippen LogP contribution in [0.1, 0.15) is 0 Å². The lowest BCUT2D eigenvalue weighted by molar-refractivity contribution is 0.669. The van der Waals surface area contributed by atoms with E-state index in [0.29, 0.717) is 0 Å². The maximum absolute atomic E-state index is 6.25. The summed E-state index contributed by atoms with van der Waals surface area (Å²) < 4.78 is 6.25. The first-order valence-electron chi connectivity index (χ1n) is 20.5. The minimum Gasteiger partial charge on any atom is -0.456 e. The summed E-state index contributed by atoms with van der Waals surface area (Å²) in [6.07, 6.45) is 0. The van der Waals surface area contributed by atoms with Crippen LogP contribution in [0.25, 0.3) is 88.3 Å². The minimum absolute atomic E-state index is 0.880. The molecule has 0 radical (unpaired) electrons. The molecule has 2 nitrogen and oxygen atoms in total. The first kappa shape index (κ1) is 35.2. The molecule has 0 atom stereocenters. The molecule has 0 saturated heterocycles. The van der Waals surface area contributed by atoms with Crippen LogP contribution >= 0.6 is 0 Å². The predicted octanol–water partition coefficient (Wildman–Crippen LogP) is 16.5. The van der Waals surface area contributed by atoms with Gasteiger partial charge in [0.25, 0.3) is 0 Å². The standard InChI is InChI=1S/C58H39NO/c1-2-11-40(12-3-1)46-15-8-17-48(35-46)50-19-10-20-53(38-50)59(54-33-34-58-56(39-54)55-21-6-7-22-57(55)60-58)52-31-29-43(30-32-52)42-23-25-44(26-24-42)47-16-9-18-49(36-47)51-28-27-41-13-4-5-14-45(41)37-51/h1-39H. The molecule has 0 aliphatic heterocycles. The molecule has 0 spiro atoms. The van der Waals surface area contributed by atoms with E-state index in [0.717, 1.165) is 50.1 Å². The summed E-state index contributed by atoms with van der Waals surface area (Å²) in [6, 6.07) is 84.9. The summed E-state index contributed by atoms with van der Waals surface area (Å²) in [5, 5.41) is 4.72. The quantitative estimate of drug-likeness (QED) is 0.153. The highest BCUT2D eigenvalue weighted by Gasteiger charge is 2.17. The zero-order valence-electron chi connectivity index (χ0n) is 32.9. The summed E-state index contributed by atoms with van der Waals surface area (Å²) >= 11 is 0. The van der Waals surface area contributed by atoms with E-state index >= 15 is 0 Å². The largest absolute Gasteiger partial charge is 0.456 e. The van der Waals surface area contributed by atoms with Crippen LogP contribution in [0, 0.1) is 0 Å². The summed E-state index contributed by atoms with van der Waals surface area (Å²) in [6.45, 7) is 0. The normalized spacial score (nSPS) is 11.3.